The molecule has 0 amide bonds. The number of likely N-dealkylation sites (tertiary alicyclic amines) is 1. The molecule has 4 aliphatic heterocycles. The van der Waals surface area contributed by atoms with Crippen LogP contribution in [0.25, 0.3) is 22.8 Å². The van der Waals surface area contributed by atoms with Crippen LogP contribution in [-0.4, -0.2) is 102 Å². The van der Waals surface area contributed by atoms with E-state index in [9.17, 15) is 8.42 Å². The lowest BCUT2D eigenvalue weighted by Gasteiger charge is -2.36. The molecule has 7 rings (SSSR count). The zero-order chi connectivity index (χ0) is 26.6. The normalized spacial score (nSPS) is 23.3. The van der Waals surface area contributed by atoms with Crippen LogP contribution in [0.5, 0.6) is 0 Å². The van der Waals surface area contributed by atoms with E-state index in [0.29, 0.717) is 53.9 Å². The van der Waals surface area contributed by atoms with Crippen molar-refractivity contribution in [3.8, 4) is 22.8 Å². The van der Waals surface area contributed by atoms with E-state index < -0.39 is 15.7 Å². The summed E-state index contributed by atoms with van der Waals surface area (Å²) in [6, 6.07) is 4.50. The second-order valence-corrected chi connectivity index (χ2v) is 12.6. The first-order valence-electron chi connectivity index (χ1n) is 13.7. The summed E-state index contributed by atoms with van der Waals surface area (Å²) in [6.07, 6.45) is 1.91. The molecule has 0 saturated carbocycles. The fourth-order valence-electron chi connectivity index (χ4n) is 6.32. The van der Waals surface area contributed by atoms with Gasteiger partial charge in [0, 0.05) is 50.4 Å². The van der Waals surface area contributed by atoms with Gasteiger partial charge in [0.25, 0.3) is 0 Å². The van der Waals surface area contributed by atoms with Crippen molar-refractivity contribution in [2.24, 2.45) is 0 Å². The van der Waals surface area contributed by atoms with Crippen LogP contribution in [0.2, 0.25) is 0 Å². The first kappa shape index (κ1) is 25.3. The minimum Gasteiger partial charge on any atom is -0.379 e. The molecule has 1 unspecified atom stereocenters. The SMILES string of the molecule is O=S1(=O)Cc2c(-c3nnc4n3CCOC4)nn(C3CCCN(CCN4CCOCC4)C3)c2-c2cccc(F)c21. The molecule has 0 spiro atoms. The number of fused-ring (bicyclic) bond motifs is 4. The molecule has 208 valence electrons. The van der Waals surface area contributed by atoms with E-state index in [1.165, 1.54) is 6.07 Å². The Morgan fingerprint density at radius 1 is 1.00 bits per heavy atom. The van der Waals surface area contributed by atoms with E-state index >= 15 is 4.39 Å². The Morgan fingerprint density at radius 3 is 2.69 bits per heavy atom. The van der Waals surface area contributed by atoms with Crippen molar-refractivity contribution in [1.82, 2.24) is 34.3 Å². The number of rotatable bonds is 5. The van der Waals surface area contributed by atoms with Crippen LogP contribution in [0, 0.1) is 5.82 Å². The number of aromatic nitrogens is 5. The average Bonchev–Trinajstić information content (AvgIpc) is 3.54. The summed E-state index contributed by atoms with van der Waals surface area (Å²) in [7, 11) is -3.91. The quantitative estimate of drug-likeness (QED) is 0.464. The lowest BCUT2D eigenvalue weighted by atomic mass is 10.0. The summed E-state index contributed by atoms with van der Waals surface area (Å²) < 4.78 is 56.7. The molecule has 0 bridgehead atoms. The summed E-state index contributed by atoms with van der Waals surface area (Å²) in [5, 5.41) is 13.8. The van der Waals surface area contributed by atoms with Crippen molar-refractivity contribution in [3.05, 3.63) is 35.4 Å². The zero-order valence-corrected chi connectivity index (χ0v) is 22.6. The van der Waals surface area contributed by atoms with Crippen molar-refractivity contribution in [3.63, 3.8) is 0 Å². The number of morpholine rings is 1. The molecule has 2 aromatic heterocycles. The van der Waals surface area contributed by atoms with Gasteiger partial charge in [0.2, 0.25) is 0 Å². The van der Waals surface area contributed by atoms with Gasteiger partial charge < -0.3 is 14.0 Å². The molecule has 4 aliphatic rings. The molecule has 3 aromatic rings. The summed E-state index contributed by atoms with van der Waals surface area (Å²) in [5.74, 6) is 0.188. The number of piperidine rings is 1. The van der Waals surface area contributed by atoms with E-state index in [1.54, 1.807) is 12.1 Å². The van der Waals surface area contributed by atoms with Crippen LogP contribution in [0.3, 0.4) is 0 Å². The average molecular weight is 558 g/mol. The predicted octanol–water partition coefficient (Wildman–Crippen LogP) is 1.73. The maximum absolute atomic E-state index is 15.0. The minimum absolute atomic E-state index is 0.0231. The van der Waals surface area contributed by atoms with Gasteiger partial charge in [-0.25, -0.2) is 12.8 Å². The summed E-state index contributed by atoms with van der Waals surface area (Å²) in [5.41, 5.74) is 2.13. The topological polar surface area (TPSA) is 108 Å². The Kier molecular flexibility index (Phi) is 6.51. The van der Waals surface area contributed by atoms with Gasteiger partial charge in [0.1, 0.15) is 23.0 Å². The number of nitrogens with zero attached hydrogens (tertiary/aromatic N) is 7. The summed E-state index contributed by atoms with van der Waals surface area (Å²) >= 11 is 0. The fourth-order valence-corrected chi connectivity index (χ4v) is 7.98. The van der Waals surface area contributed by atoms with E-state index in [4.69, 9.17) is 14.6 Å². The van der Waals surface area contributed by atoms with Crippen LogP contribution in [0.15, 0.2) is 23.1 Å². The van der Waals surface area contributed by atoms with Gasteiger partial charge in [-0.3, -0.25) is 14.5 Å². The molecule has 11 nitrogen and oxygen atoms in total. The Morgan fingerprint density at radius 2 is 1.82 bits per heavy atom. The van der Waals surface area contributed by atoms with Gasteiger partial charge in [-0.2, -0.15) is 5.10 Å². The maximum Gasteiger partial charge on any atom is 0.186 e. The van der Waals surface area contributed by atoms with E-state index in [-0.39, 0.29) is 16.7 Å². The van der Waals surface area contributed by atoms with Crippen LogP contribution in [-0.2, 0) is 38.2 Å². The Labute approximate surface area is 226 Å². The molecule has 1 aromatic carbocycles. The van der Waals surface area contributed by atoms with Gasteiger partial charge in [0.05, 0.1) is 37.3 Å². The fraction of sp³-hybridized carbons (Fsp3) is 0.577. The second kappa shape index (κ2) is 10.0. The molecular weight excluding hydrogens is 525 g/mol. The van der Waals surface area contributed by atoms with Gasteiger partial charge >= 0.3 is 0 Å². The van der Waals surface area contributed by atoms with E-state index in [0.717, 1.165) is 65.3 Å². The van der Waals surface area contributed by atoms with Gasteiger partial charge in [-0.1, -0.05) is 12.1 Å². The molecule has 6 heterocycles. The first-order chi connectivity index (χ1) is 19.0. The smallest absolute Gasteiger partial charge is 0.186 e. The number of sulfone groups is 1. The van der Waals surface area contributed by atoms with Crippen molar-refractivity contribution >= 4 is 9.84 Å². The third-order valence-corrected chi connectivity index (χ3v) is 9.97. The van der Waals surface area contributed by atoms with Gasteiger partial charge in [-0.15, -0.1) is 10.2 Å². The first-order valence-corrected chi connectivity index (χ1v) is 15.3. The highest BCUT2D eigenvalue weighted by Gasteiger charge is 2.39. The van der Waals surface area contributed by atoms with Crippen LogP contribution in [0.4, 0.5) is 4.39 Å². The number of ether oxygens (including phenoxy) is 2. The summed E-state index contributed by atoms with van der Waals surface area (Å²) in [4.78, 5) is 4.66. The van der Waals surface area contributed by atoms with Crippen molar-refractivity contribution in [2.75, 3.05) is 59.1 Å². The van der Waals surface area contributed by atoms with Crippen molar-refractivity contribution < 1.29 is 22.3 Å². The minimum atomic E-state index is -3.91. The molecule has 1 atom stereocenters. The standard InChI is InChI=1S/C26H32FN7O4S/c27-21-5-1-4-19-24-20(17-39(35,36)25(19)21)23(26-29-28-22-16-38-14-11-33(22)26)30-34(24)18-3-2-6-32(15-18)8-7-31-9-12-37-13-10-31/h1,4-5,18H,2-3,6-17H2. The van der Waals surface area contributed by atoms with Crippen LogP contribution in [0.1, 0.15) is 30.3 Å². The molecule has 2 saturated heterocycles. The molecule has 0 aliphatic carbocycles. The van der Waals surface area contributed by atoms with Crippen molar-refractivity contribution in [1.29, 1.82) is 0 Å². The number of hydrogen-bond acceptors (Lipinski definition) is 9. The van der Waals surface area contributed by atoms with Crippen molar-refractivity contribution in [2.45, 2.75) is 42.7 Å². The number of halogens is 1. The number of hydrogen-bond donors (Lipinski definition) is 0. The molecule has 39 heavy (non-hydrogen) atoms. The Bertz CT molecular complexity index is 1500. The third-order valence-electron chi connectivity index (χ3n) is 8.27. The second-order valence-electron chi connectivity index (χ2n) is 10.7. The largest absolute Gasteiger partial charge is 0.379 e. The lowest BCUT2D eigenvalue weighted by Crippen LogP contribution is -2.44. The highest BCUT2D eigenvalue weighted by Crippen LogP contribution is 2.44. The molecule has 0 radical (unpaired) electrons. The summed E-state index contributed by atoms with van der Waals surface area (Å²) in [6.45, 7) is 8.64. The third kappa shape index (κ3) is 4.49. The highest BCUT2D eigenvalue weighted by molar-refractivity contribution is 7.91. The van der Waals surface area contributed by atoms with Gasteiger partial charge in [-0.05, 0) is 25.5 Å². The zero-order valence-electron chi connectivity index (χ0n) is 21.8. The van der Waals surface area contributed by atoms with Crippen LogP contribution >= 0.6 is 0 Å². The molecule has 2 fully saturated rings. The Hall–Kier alpha value is -2.71. The maximum atomic E-state index is 15.0. The van der Waals surface area contributed by atoms with Crippen LogP contribution < -0.4 is 0 Å². The Balaban J connectivity index is 1.29. The van der Waals surface area contributed by atoms with Gasteiger partial charge in [0.15, 0.2) is 21.5 Å². The predicted molar refractivity (Wildman–Crippen MR) is 139 cm³/mol. The molecule has 0 N–H and O–H groups in total. The number of benzene rings is 1. The van der Waals surface area contributed by atoms with E-state index in [1.807, 2.05) is 9.25 Å². The molecular formula is C26H32FN7O4S. The highest BCUT2D eigenvalue weighted by atomic mass is 32.2. The lowest BCUT2D eigenvalue weighted by molar-refractivity contribution is 0.0309. The molecule has 13 heteroatoms. The monoisotopic (exact) mass is 557 g/mol. The van der Waals surface area contributed by atoms with E-state index in [2.05, 4.69) is 20.0 Å².